The normalized spacial score (nSPS) is 20.0. The number of halogens is 2. The van der Waals surface area contributed by atoms with Crippen LogP contribution in [0.25, 0.3) is 0 Å². The van der Waals surface area contributed by atoms with E-state index in [1.54, 1.807) is 24.3 Å². The van der Waals surface area contributed by atoms with Crippen molar-refractivity contribution in [3.8, 4) is 0 Å². The van der Waals surface area contributed by atoms with Crippen molar-refractivity contribution >= 4 is 37.5 Å². The fourth-order valence-electron chi connectivity index (χ4n) is 3.34. The highest BCUT2D eigenvalue weighted by Crippen LogP contribution is 2.26. The molecular weight excluding hydrogens is 447 g/mol. The Morgan fingerprint density at radius 2 is 1.79 bits per heavy atom. The first-order valence-electron chi connectivity index (χ1n) is 9.15. The van der Waals surface area contributed by atoms with E-state index in [0.29, 0.717) is 5.69 Å². The van der Waals surface area contributed by atoms with Crippen LogP contribution in [-0.4, -0.2) is 20.4 Å². The molecule has 0 radical (unpaired) electrons. The maximum atomic E-state index is 14.3. The van der Waals surface area contributed by atoms with Gasteiger partial charge in [-0.3, -0.25) is 4.79 Å². The fourth-order valence-corrected chi connectivity index (χ4v) is 5.09. The van der Waals surface area contributed by atoms with Crippen molar-refractivity contribution in [2.24, 2.45) is 5.92 Å². The number of sulfonamides is 1. The maximum Gasteiger partial charge on any atom is 0.255 e. The number of amides is 1. The SMILES string of the molecule is CC1CCCCC1NS(=O)(=O)c1cc(C(=O)Nc2ccc(Br)cc2)ccc1F. The number of hydrogen-bond acceptors (Lipinski definition) is 3. The van der Waals surface area contributed by atoms with Crippen molar-refractivity contribution in [3.63, 3.8) is 0 Å². The van der Waals surface area contributed by atoms with Crippen LogP contribution in [0.1, 0.15) is 43.0 Å². The monoisotopic (exact) mass is 468 g/mol. The highest BCUT2D eigenvalue weighted by Gasteiger charge is 2.29. The number of nitrogens with one attached hydrogen (secondary N) is 2. The van der Waals surface area contributed by atoms with Gasteiger partial charge in [-0.2, -0.15) is 0 Å². The third-order valence-electron chi connectivity index (χ3n) is 5.00. The molecule has 0 spiro atoms. The summed E-state index contributed by atoms with van der Waals surface area (Å²) in [6.07, 6.45) is 3.67. The van der Waals surface area contributed by atoms with E-state index < -0.39 is 26.6 Å². The molecule has 2 atom stereocenters. The fraction of sp³-hybridized carbons (Fsp3) is 0.350. The molecule has 1 aliphatic rings. The molecule has 2 unspecified atom stereocenters. The van der Waals surface area contributed by atoms with Crippen molar-refractivity contribution in [2.45, 2.75) is 43.5 Å². The number of hydrogen-bond donors (Lipinski definition) is 2. The summed E-state index contributed by atoms with van der Waals surface area (Å²) in [6.45, 7) is 1.99. The Hall–Kier alpha value is -1.77. The second-order valence-corrected chi connectivity index (χ2v) is 9.69. The predicted molar refractivity (Wildman–Crippen MR) is 110 cm³/mol. The van der Waals surface area contributed by atoms with E-state index in [1.807, 2.05) is 6.92 Å². The van der Waals surface area contributed by atoms with Crippen molar-refractivity contribution in [3.05, 3.63) is 58.3 Å². The van der Waals surface area contributed by atoms with Crippen LogP contribution in [0.3, 0.4) is 0 Å². The zero-order valence-corrected chi connectivity index (χ0v) is 17.8. The molecule has 8 heteroatoms. The molecule has 1 amide bonds. The van der Waals surface area contributed by atoms with Crippen molar-refractivity contribution in [1.29, 1.82) is 0 Å². The number of rotatable bonds is 5. The van der Waals surface area contributed by atoms with Gasteiger partial charge < -0.3 is 5.32 Å². The zero-order valence-electron chi connectivity index (χ0n) is 15.4. The highest BCUT2D eigenvalue weighted by atomic mass is 79.9. The molecule has 2 aromatic carbocycles. The summed E-state index contributed by atoms with van der Waals surface area (Å²) in [4.78, 5) is 12.0. The number of carbonyl (C=O) groups is 1. The molecule has 1 fully saturated rings. The van der Waals surface area contributed by atoms with E-state index in [-0.39, 0.29) is 17.5 Å². The van der Waals surface area contributed by atoms with Gasteiger partial charge in [-0.25, -0.2) is 17.5 Å². The van der Waals surface area contributed by atoms with E-state index in [4.69, 9.17) is 0 Å². The Kier molecular flexibility index (Phi) is 6.52. The quantitative estimate of drug-likeness (QED) is 0.667. The van der Waals surface area contributed by atoms with Gasteiger partial charge in [0.15, 0.2) is 0 Å². The minimum absolute atomic E-state index is 0.0707. The molecular formula is C20H22BrFN2O3S. The van der Waals surface area contributed by atoms with Crippen LogP contribution in [0.2, 0.25) is 0 Å². The Bertz CT molecular complexity index is 964. The Labute approximate surface area is 172 Å². The van der Waals surface area contributed by atoms with Gasteiger partial charge in [-0.15, -0.1) is 0 Å². The number of benzene rings is 2. The topological polar surface area (TPSA) is 75.3 Å². The molecule has 0 bridgehead atoms. The maximum absolute atomic E-state index is 14.3. The second kappa shape index (κ2) is 8.71. The third-order valence-corrected chi connectivity index (χ3v) is 7.04. The summed E-state index contributed by atoms with van der Waals surface area (Å²) in [5, 5.41) is 2.67. The standard InChI is InChI=1S/C20H22BrFN2O3S/c1-13-4-2-3-5-18(13)24-28(26,27)19-12-14(6-11-17(19)22)20(25)23-16-9-7-15(21)8-10-16/h6-13,18,24H,2-5H2,1H3,(H,23,25). The third kappa shape index (κ3) is 4.98. The van der Waals surface area contributed by atoms with Gasteiger partial charge in [-0.1, -0.05) is 35.7 Å². The second-order valence-electron chi connectivity index (χ2n) is 7.10. The Morgan fingerprint density at radius 3 is 2.46 bits per heavy atom. The van der Waals surface area contributed by atoms with E-state index in [1.165, 1.54) is 6.07 Å². The smallest absolute Gasteiger partial charge is 0.255 e. The van der Waals surface area contributed by atoms with E-state index in [2.05, 4.69) is 26.0 Å². The molecule has 28 heavy (non-hydrogen) atoms. The van der Waals surface area contributed by atoms with E-state index in [9.17, 15) is 17.6 Å². The first-order chi connectivity index (χ1) is 13.3. The van der Waals surface area contributed by atoms with E-state index >= 15 is 0 Å². The highest BCUT2D eigenvalue weighted by molar-refractivity contribution is 9.10. The number of anilines is 1. The first kappa shape index (κ1) is 21.0. The first-order valence-corrected chi connectivity index (χ1v) is 11.4. The van der Waals surface area contributed by atoms with Crippen molar-refractivity contribution in [1.82, 2.24) is 4.72 Å². The molecule has 5 nitrogen and oxygen atoms in total. The average Bonchev–Trinajstić information content (AvgIpc) is 2.65. The molecule has 150 valence electrons. The van der Waals surface area contributed by atoms with Crippen LogP contribution in [0.15, 0.2) is 51.8 Å². The largest absolute Gasteiger partial charge is 0.322 e. The average molecular weight is 469 g/mol. The molecule has 1 aliphatic carbocycles. The zero-order chi connectivity index (χ0) is 20.3. The van der Waals surface area contributed by atoms with Crippen LogP contribution in [0.4, 0.5) is 10.1 Å². The minimum Gasteiger partial charge on any atom is -0.322 e. The van der Waals surface area contributed by atoms with Gasteiger partial charge >= 0.3 is 0 Å². The summed E-state index contributed by atoms with van der Waals surface area (Å²) in [5.41, 5.74) is 0.623. The van der Waals surface area contributed by atoms with Gasteiger partial charge in [-0.05, 0) is 61.2 Å². The lowest BCUT2D eigenvalue weighted by Gasteiger charge is -2.29. The molecule has 2 aromatic rings. The molecule has 3 rings (SSSR count). The van der Waals surface area contributed by atoms with Gasteiger partial charge in [0.1, 0.15) is 10.7 Å². The lowest BCUT2D eigenvalue weighted by Crippen LogP contribution is -2.41. The van der Waals surface area contributed by atoms with Crippen molar-refractivity contribution in [2.75, 3.05) is 5.32 Å². The van der Waals surface area contributed by atoms with Gasteiger partial charge in [0, 0.05) is 21.8 Å². The molecule has 0 aliphatic heterocycles. The van der Waals surface area contributed by atoms with Gasteiger partial charge in [0.2, 0.25) is 10.0 Å². The Morgan fingerprint density at radius 1 is 1.11 bits per heavy atom. The van der Waals surface area contributed by atoms with Crippen LogP contribution >= 0.6 is 15.9 Å². The summed E-state index contributed by atoms with van der Waals surface area (Å²) in [7, 11) is -4.07. The Balaban J connectivity index is 1.81. The van der Waals surface area contributed by atoms with Crippen LogP contribution in [0, 0.1) is 11.7 Å². The minimum atomic E-state index is -4.07. The summed E-state index contributed by atoms with van der Waals surface area (Å²) in [6, 6.07) is 10.1. The van der Waals surface area contributed by atoms with Crippen LogP contribution in [-0.2, 0) is 10.0 Å². The lowest BCUT2D eigenvalue weighted by atomic mass is 9.87. The molecule has 1 saturated carbocycles. The molecule has 0 aromatic heterocycles. The van der Waals surface area contributed by atoms with Crippen molar-refractivity contribution < 1.29 is 17.6 Å². The molecule has 0 saturated heterocycles. The molecule has 2 N–H and O–H groups in total. The predicted octanol–water partition coefficient (Wildman–Crippen LogP) is 4.70. The van der Waals surface area contributed by atoms with Gasteiger partial charge in [0.05, 0.1) is 0 Å². The van der Waals surface area contributed by atoms with Crippen LogP contribution in [0.5, 0.6) is 0 Å². The number of carbonyl (C=O) groups excluding carboxylic acids is 1. The summed E-state index contributed by atoms with van der Waals surface area (Å²) in [5.74, 6) is -1.20. The summed E-state index contributed by atoms with van der Waals surface area (Å²) >= 11 is 3.31. The summed E-state index contributed by atoms with van der Waals surface area (Å²) < 4.78 is 43.3. The van der Waals surface area contributed by atoms with Crippen LogP contribution < -0.4 is 10.0 Å². The molecule has 0 heterocycles. The lowest BCUT2D eigenvalue weighted by molar-refractivity contribution is 0.102. The van der Waals surface area contributed by atoms with E-state index in [0.717, 1.165) is 42.3 Å². The van der Waals surface area contributed by atoms with Gasteiger partial charge in [0.25, 0.3) is 5.91 Å².